The van der Waals surface area contributed by atoms with Crippen molar-refractivity contribution in [1.82, 2.24) is 70.2 Å². The first-order valence-corrected chi connectivity index (χ1v) is 31.9. The molecule has 2 N–H and O–H groups in total. The van der Waals surface area contributed by atoms with Crippen LogP contribution in [0, 0.1) is 37.1 Å². The molecule has 2 amide bonds. The summed E-state index contributed by atoms with van der Waals surface area (Å²) in [7, 11) is 0. The number of rotatable bonds is 16. The molecular formula is C63H48Cl6F4N14O10. The van der Waals surface area contributed by atoms with E-state index in [1.165, 1.54) is 31.1 Å². The summed E-state index contributed by atoms with van der Waals surface area (Å²) in [5.74, 6) is -3.61. The summed E-state index contributed by atoms with van der Waals surface area (Å²) >= 11 is 38.3. The topological polar surface area (TPSA) is 255 Å². The Morgan fingerprint density at radius 3 is 1.30 bits per heavy atom. The van der Waals surface area contributed by atoms with Crippen LogP contribution < -0.4 is 10.6 Å². The van der Waals surface area contributed by atoms with Crippen molar-refractivity contribution in [1.29, 1.82) is 0 Å². The number of carbonyl (C=O) groups is 2. The average Bonchev–Trinajstić information content (AvgIpc) is 1.64. The molecule has 4 aliphatic rings. The van der Waals surface area contributed by atoms with Crippen molar-refractivity contribution in [3.05, 3.63) is 222 Å². The van der Waals surface area contributed by atoms with Gasteiger partial charge in [0.1, 0.15) is 80.6 Å². The highest BCUT2D eigenvalue weighted by atomic mass is 35.5. The molecule has 12 unspecified atom stereocenters. The number of ether oxygens (including phenoxy) is 8. The molecule has 4 fully saturated rings. The quantitative estimate of drug-likeness (QED) is 0.0518. The first kappa shape index (κ1) is 65.9. The number of hydrogen-bond donors (Lipinski definition) is 2. The van der Waals surface area contributed by atoms with Gasteiger partial charge in [0.15, 0.2) is 61.2 Å². The lowest BCUT2D eigenvalue weighted by Crippen LogP contribution is -2.53. The number of fused-ring (bicyclic) bond motifs is 2. The van der Waals surface area contributed by atoms with Crippen molar-refractivity contribution in [2.75, 3.05) is 13.1 Å². The number of aryl methyl sites for hydroxylation is 2. The normalized spacial score (nSPS) is 23.6. The van der Waals surface area contributed by atoms with Crippen LogP contribution >= 0.6 is 69.6 Å². The molecule has 500 valence electrons. The molecule has 12 atom stereocenters. The van der Waals surface area contributed by atoms with E-state index in [0.717, 1.165) is 24.3 Å². The van der Waals surface area contributed by atoms with Crippen LogP contribution in [0.3, 0.4) is 0 Å². The second kappa shape index (κ2) is 27.5. The lowest BCUT2D eigenvalue weighted by atomic mass is 9.95. The van der Waals surface area contributed by atoms with E-state index in [9.17, 15) is 27.2 Å². The van der Waals surface area contributed by atoms with Crippen LogP contribution in [0.1, 0.15) is 77.7 Å². The third-order valence-corrected chi connectivity index (χ3v) is 17.9. The zero-order valence-corrected chi connectivity index (χ0v) is 54.5. The Kier molecular flexibility index (Phi) is 18.7. The van der Waals surface area contributed by atoms with E-state index in [1.807, 2.05) is 12.1 Å². The summed E-state index contributed by atoms with van der Waals surface area (Å²) in [5, 5.41) is 31.6. The Balaban J connectivity index is 0.755. The number of amides is 2. The Hall–Kier alpha value is -8.36. The number of alkyl carbamates (subject to hydrolysis) is 2. The highest BCUT2D eigenvalue weighted by Gasteiger charge is 2.59. The number of nitrogens with zero attached hydrogens (tertiary/aromatic N) is 12. The number of halogens is 10. The van der Waals surface area contributed by atoms with E-state index >= 15 is 0 Å². The van der Waals surface area contributed by atoms with E-state index in [1.54, 1.807) is 98.8 Å². The van der Waals surface area contributed by atoms with Gasteiger partial charge in [0.05, 0.1) is 33.8 Å². The standard InChI is InChI=1S/C63H48Cl6F4N14O10/c1-28-76-56(86(80-28)44-24-34(64)14-16-36(44)66)54-50(48(52-60(92-54)96-58(90-52)30-10-5-3-6-11-30)84-26-42(78-82-84)32-20-38(70)46(68)39(71)21-32)94-62(88)74-18-9-19-75-63(89)95-51-49(85-27-43(79-83-85)33-22-40(72)47(69)41(73)23-33)53-61(97-59(91-53)31-12-7-4-8-13-31)93-55(51)57-77-29(2)81-87(57)45-25-35(65)15-17-37(45)67/h3-8,10-17,20-27,48-55,58-61H,9,18-19H2,1-2H3,(H,74,88)(H,75,89). The zero-order chi connectivity index (χ0) is 67.5. The van der Waals surface area contributed by atoms with Crippen molar-refractivity contribution < 1.29 is 65.0 Å². The van der Waals surface area contributed by atoms with Crippen LogP contribution in [0.15, 0.2) is 134 Å². The Morgan fingerprint density at radius 1 is 0.515 bits per heavy atom. The molecule has 14 rings (SSSR count). The van der Waals surface area contributed by atoms with Crippen molar-refractivity contribution in [3.8, 4) is 33.9 Å². The fourth-order valence-corrected chi connectivity index (χ4v) is 12.7. The highest BCUT2D eigenvalue weighted by molar-refractivity contribution is 6.35. The van der Waals surface area contributed by atoms with Gasteiger partial charge in [-0.2, -0.15) is 10.2 Å². The summed E-state index contributed by atoms with van der Waals surface area (Å²) in [6.45, 7) is 2.94. The summed E-state index contributed by atoms with van der Waals surface area (Å²) in [5.41, 5.74) is 1.70. The predicted molar refractivity (Wildman–Crippen MR) is 338 cm³/mol. The molecule has 4 aliphatic heterocycles. The van der Waals surface area contributed by atoms with Crippen LogP contribution in [0.25, 0.3) is 33.9 Å². The maximum atomic E-state index is 15.0. The average molecular weight is 1450 g/mol. The van der Waals surface area contributed by atoms with Gasteiger partial charge in [-0.05, 0) is 80.9 Å². The number of hydrogen-bond acceptors (Lipinski definition) is 18. The molecule has 0 bridgehead atoms. The third-order valence-electron chi connectivity index (χ3n) is 16.1. The van der Waals surface area contributed by atoms with E-state index in [0.29, 0.717) is 21.2 Å². The molecule has 0 spiro atoms. The summed E-state index contributed by atoms with van der Waals surface area (Å²) in [4.78, 5) is 38.6. The predicted octanol–water partition coefficient (Wildman–Crippen LogP) is 13.2. The first-order valence-electron chi connectivity index (χ1n) is 29.6. The van der Waals surface area contributed by atoms with Crippen LogP contribution in [-0.4, -0.2) is 122 Å². The molecule has 6 aromatic carbocycles. The van der Waals surface area contributed by atoms with Gasteiger partial charge in [-0.25, -0.2) is 55.8 Å². The van der Waals surface area contributed by atoms with Gasteiger partial charge in [0, 0.05) is 45.4 Å². The van der Waals surface area contributed by atoms with Crippen LogP contribution in [-0.2, 0) is 37.9 Å². The Bertz CT molecular complexity index is 4290. The fourth-order valence-electron chi connectivity index (χ4n) is 11.8. The number of benzene rings is 6. The summed E-state index contributed by atoms with van der Waals surface area (Å²) in [6, 6.07) is 28.8. The SMILES string of the molecule is Cc1nc(C2OC3OC(c4ccccc4)OC3C(n3cc(-c4cc(F)c(Cl)c(F)c4)nn3)C2OC(=O)NCCCNC(=O)OC2C(c3nc(C)nn3-c3cc(Cl)ccc3Cl)OC3OC(c4ccccc4)OC3C2n2cc(-c3cc(F)c(Cl)c(F)c3)nn2)n(-c2cc(Cl)ccc2Cl)n1. The lowest BCUT2D eigenvalue weighted by molar-refractivity contribution is -0.235. The second-order valence-corrected chi connectivity index (χ2v) is 24.9. The van der Waals surface area contributed by atoms with Gasteiger partial charge in [0.2, 0.25) is 0 Å². The van der Waals surface area contributed by atoms with Crippen molar-refractivity contribution >= 4 is 81.8 Å². The van der Waals surface area contributed by atoms with E-state index in [2.05, 4.69) is 41.5 Å². The minimum absolute atomic E-state index is 0.00600. The largest absolute Gasteiger partial charge is 0.441 e. The van der Waals surface area contributed by atoms with Crippen molar-refractivity contribution in [2.24, 2.45) is 0 Å². The zero-order valence-electron chi connectivity index (χ0n) is 50.0. The minimum atomic E-state index is -1.49. The molecule has 0 radical (unpaired) electrons. The molecular weight excluding hydrogens is 1400 g/mol. The van der Waals surface area contributed by atoms with Crippen LogP contribution in [0.5, 0.6) is 0 Å². The molecule has 0 saturated carbocycles. The molecule has 0 aliphatic carbocycles. The fraction of sp³-hybridized carbons (Fsp3) is 0.270. The van der Waals surface area contributed by atoms with E-state index in [-0.39, 0.29) is 86.7 Å². The highest BCUT2D eigenvalue weighted by Crippen LogP contribution is 2.51. The smallest absolute Gasteiger partial charge is 0.407 e. The Morgan fingerprint density at radius 2 is 0.907 bits per heavy atom. The second-order valence-electron chi connectivity index (χ2n) is 22.5. The van der Waals surface area contributed by atoms with Gasteiger partial charge >= 0.3 is 12.2 Å². The number of nitrogens with one attached hydrogen (secondary N) is 2. The van der Waals surface area contributed by atoms with Gasteiger partial charge < -0.3 is 48.5 Å². The number of carbonyl (C=O) groups excluding carboxylic acids is 2. The van der Waals surface area contributed by atoms with Gasteiger partial charge in [-0.3, -0.25) is 0 Å². The van der Waals surface area contributed by atoms with E-state index in [4.69, 9.17) is 117 Å². The van der Waals surface area contributed by atoms with Crippen molar-refractivity contribution in [2.45, 2.75) is 94.1 Å². The molecule has 34 heteroatoms. The summed E-state index contributed by atoms with van der Waals surface area (Å²) in [6.07, 6.45) is -11.9. The maximum Gasteiger partial charge on any atom is 0.407 e. The minimum Gasteiger partial charge on any atom is -0.441 e. The van der Waals surface area contributed by atoms with Gasteiger partial charge in [0.25, 0.3) is 0 Å². The molecule has 97 heavy (non-hydrogen) atoms. The molecule has 4 aromatic heterocycles. The molecule has 10 aromatic rings. The molecule has 4 saturated heterocycles. The third kappa shape index (κ3) is 13.3. The summed E-state index contributed by atoms with van der Waals surface area (Å²) < 4.78 is 118. The van der Waals surface area contributed by atoms with Gasteiger partial charge in [-0.15, -0.1) is 10.2 Å². The molecule has 24 nitrogen and oxygen atoms in total. The Labute approximate surface area is 576 Å². The van der Waals surface area contributed by atoms with Crippen LogP contribution in [0.4, 0.5) is 27.2 Å². The monoisotopic (exact) mass is 1450 g/mol. The van der Waals surface area contributed by atoms with Crippen LogP contribution in [0.2, 0.25) is 30.1 Å². The van der Waals surface area contributed by atoms with Gasteiger partial charge in [-0.1, -0.05) is 141 Å². The first-order chi connectivity index (χ1) is 46.8. The maximum absolute atomic E-state index is 15.0. The number of aromatic nitrogens is 12. The molecule has 8 heterocycles. The lowest BCUT2D eigenvalue weighted by Gasteiger charge is -2.41. The van der Waals surface area contributed by atoms with E-state index < -0.39 is 119 Å². The van der Waals surface area contributed by atoms with Crippen molar-refractivity contribution in [3.63, 3.8) is 0 Å².